The monoisotopic (exact) mass is 328 g/mol. The van der Waals surface area contributed by atoms with E-state index in [-0.39, 0.29) is 5.56 Å². The summed E-state index contributed by atoms with van der Waals surface area (Å²) in [7, 11) is 0. The molecule has 0 saturated heterocycles. The van der Waals surface area contributed by atoms with Crippen LogP contribution in [0.15, 0.2) is 53.1 Å². The lowest BCUT2D eigenvalue weighted by molar-refractivity contribution is 0.0696. The number of carbonyl (C=O) groups is 1. The van der Waals surface area contributed by atoms with Crippen LogP contribution in [0.2, 0.25) is 5.02 Å². The third kappa shape index (κ3) is 3.96. The Kier molecular flexibility index (Phi) is 4.39. The molecule has 1 aromatic heterocycles. The highest BCUT2D eigenvalue weighted by Crippen LogP contribution is 2.14. The van der Waals surface area contributed by atoms with Gasteiger partial charge in [0.15, 0.2) is 5.82 Å². The minimum Gasteiger partial charge on any atom is -0.478 e. The molecule has 0 amide bonds. The van der Waals surface area contributed by atoms with Crippen LogP contribution in [0.1, 0.15) is 33.2 Å². The van der Waals surface area contributed by atoms with Crippen molar-refractivity contribution in [1.29, 1.82) is 0 Å². The number of carboxylic acid groups (broad SMARTS) is 1. The molecule has 0 aliphatic carbocycles. The molecular weight excluding hydrogens is 316 g/mol. The first-order valence-electron chi connectivity index (χ1n) is 6.98. The Morgan fingerprint density at radius 3 is 2.61 bits per heavy atom. The molecule has 0 spiro atoms. The minimum atomic E-state index is -0.955. The van der Waals surface area contributed by atoms with Crippen molar-refractivity contribution in [2.75, 3.05) is 0 Å². The number of rotatable bonds is 5. The molecule has 0 atom stereocenters. The molecular formula is C17H13ClN2O3. The molecule has 0 saturated carbocycles. The molecule has 2 aromatic carbocycles. The van der Waals surface area contributed by atoms with Crippen molar-refractivity contribution in [2.45, 2.75) is 12.8 Å². The standard InChI is InChI=1S/C17H13ClN2O3/c18-14-6-4-11(5-7-14)10-16-19-15(20-23-16)9-12-2-1-3-13(8-12)17(21)22/h1-8H,9-10H2,(H,21,22). The van der Waals surface area contributed by atoms with Crippen molar-refractivity contribution in [1.82, 2.24) is 10.1 Å². The molecule has 3 aromatic rings. The maximum Gasteiger partial charge on any atom is 0.335 e. The van der Waals surface area contributed by atoms with Crippen LogP contribution in [0.5, 0.6) is 0 Å². The normalized spacial score (nSPS) is 10.7. The molecule has 0 unspecified atom stereocenters. The largest absolute Gasteiger partial charge is 0.478 e. The first-order valence-corrected chi connectivity index (χ1v) is 7.36. The van der Waals surface area contributed by atoms with Gasteiger partial charge in [-0.25, -0.2) is 4.79 Å². The van der Waals surface area contributed by atoms with Crippen molar-refractivity contribution >= 4 is 17.6 Å². The fraction of sp³-hybridized carbons (Fsp3) is 0.118. The third-order valence-electron chi connectivity index (χ3n) is 3.31. The number of aromatic nitrogens is 2. The highest BCUT2D eigenvalue weighted by molar-refractivity contribution is 6.30. The summed E-state index contributed by atoms with van der Waals surface area (Å²) in [6, 6.07) is 14.1. The lowest BCUT2D eigenvalue weighted by Crippen LogP contribution is -1.98. The zero-order valence-corrected chi connectivity index (χ0v) is 12.8. The lowest BCUT2D eigenvalue weighted by atomic mass is 10.1. The number of nitrogens with zero attached hydrogens (tertiary/aromatic N) is 2. The quantitative estimate of drug-likeness (QED) is 0.774. The van der Waals surface area contributed by atoms with E-state index in [2.05, 4.69) is 10.1 Å². The molecule has 0 aliphatic heterocycles. The molecule has 0 aliphatic rings. The summed E-state index contributed by atoms with van der Waals surface area (Å²) in [5.74, 6) is 0.0802. The van der Waals surface area contributed by atoms with E-state index in [1.54, 1.807) is 18.2 Å². The van der Waals surface area contributed by atoms with Gasteiger partial charge in [-0.05, 0) is 35.4 Å². The Balaban J connectivity index is 1.71. The summed E-state index contributed by atoms with van der Waals surface area (Å²) >= 11 is 5.85. The summed E-state index contributed by atoms with van der Waals surface area (Å²) in [5.41, 5.74) is 2.09. The molecule has 5 nitrogen and oxygen atoms in total. The first-order chi connectivity index (χ1) is 11.1. The van der Waals surface area contributed by atoms with Crippen LogP contribution in [0.3, 0.4) is 0 Å². The predicted molar refractivity (Wildman–Crippen MR) is 84.8 cm³/mol. The predicted octanol–water partition coefficient (Wildman–Crippen LogP) is 3.60. The van der Waals surface area contributed by atoms with E-state index in [4.69, 9.17) is 21.2 Å². The van der Waals surface area contributed by atoms with Crippen molar-refractivity contribution in [3.63, 3.8) is 0 Å². The fourth-order valence-corrected chi connectivity index (χ4v) is 2.33. The molecule has 0 bridgehead atoms. The van der Waals surface area contributed by atoms with Crippen LogP contribution >= 0.6 is 11.6 Å². The Labute approximate surface area is 137 Å². The Hall–Kier alpha value is -2.66. The Morgan fingerprint density at radius 1 is 1.09 bits per heavy atom. The molecule has 0 radical (unpaired) electrons. The zero-order valence-electron chi connectivity index (χ0n) is 12.1. The van der Waals surface area contributed by atoms with E-state index in [0.29, 0.717) is 29.6 Å². The summed E-state index contributed by atoms with van der Waals surface area (Å²) in [6.45, 7) is 0. The highest BCUT2D eigenvalue weighted by atomic mass is 35.5. The average Bonchev–Trinajstić information content (AvgIpc) is 2.97. The molecule has 0 fully saturated rings. The van der Waals surface area contributed by atoms with Crippen molar-refractivity contribution < 1.29 is 14.4 Å². The second kappa shape index (κ2) is 6.62. The van der Waals surface area contributed by atoms with E-state index in [1.807, 2.05) is 30.3 Å². The number of carboxylic acids is 1. The van der Waals surface area contributed by atoms with Crippen molar-refractivity contribution in [3.05, 3.63) is 82.0 Å². The van der Waals surface area contributed by atoms with Crippen LogP contribution in [0.25, 0.3) is 0 Å². The topological polar surface area (TPSA) is 76.2 Å². The molecule has 3 rings (SSSR count). The van der Waals surface area contributed by atoms with Crippen LogP contribution < -0.4 is 0 Å². The van der Waals surface area contributed by atoms with Gasteiger partial charge < -0.3 is 9.63 Å². The van der Waals surface area contributed by atoms with Crippen LogP contribution in [0.4, 0.5) is 0 Å². The summed E-state index contributed by atoms with van der Waals surface area (Å²) in [5, 5.41) is 13.6. The maximum atomic E-state index is 11.0. The number of benzene rings is 2. The second-order valence-corrected chi connectivity index (χ2v) is 5.53. The number of hydrogen-bond acceptors (Lipinski definition) is 4. The minimum absolute atomic E-state index is 0.243. The van der Waals surface area contributed by atoms with Gasteiger partial charge in [-0.2, -0.15) is 4.98 Å². The van der Waals surface area contributed by atoms with Gasteiger partial charge in [0.25, 0.3) is 0 Å². The van der Waals surface area contributed by atoms with E-state index in [0.717, 1.165) is 11.1 Å². The molecule has 1 heterocycles. The van der Waals surface area contributed by atoms with Crippen LogP contribution in [0, 0.1) is 0 Å². The molecule has 23 heavy (non-hydrogen) atoms. The zero-order chi connectivity index (χ0) is 16.2. The van der Waals surface area contributed by atoms with E-state index in [1.165, 1.54) is 0 Å². The number of aromatic carboxylic acids is 1. The van der Waals surface area contributed by atoms with Gasteiger partial charge in [0.05, 0.1) is 12.0 Å². The van der Waals surface area contributed by atoms with Gasteiger partial charge in [0.1, 0.15) is 0 Å². The Bertz CT molecular complexity index is 828. The second-order valence-electron chi connectivity index (χ2n) is 5.09. The van der Waals surface area contributed by atoms with Gasteiger partial charge in [0, 0.05) is 11.4 Å². The summed E-state index contributed by atoms with van der Waals surface area (Å²) < 4.78 is 5.24. The maximum absolute atomic E-state index is 11.0. The lowest BCUT2D eigenvalue weighted by Gasteiger charge is -1.99. The fourth-order valence-electron chi connectivity index (χ4n) is 2.21. The van der Waals surface area contributed by atoms with Crippen LogP contribution in [-0.4, -0.2) is 21.2 Å². The first kappa shape index (κ1) is 15.2. The van der Waals surface area contributed by atoms with E-state index < -0.39 is 5.97 Å². The van der Waals surface area contributed by atoms with Gasteiger partial charge in [-0.1, -0.05) is 41.0 Å². The Morgan fingerprint density at radius 2 is 1.87 bits per heavy atom. The SMILES string of the molecule is O=C(O)c1cccc(Cc2noc(Cc3ccc(Cl)cc3)n2)c1. The van der Waals surface area contributed by atoms with Gasteiger partial charge in [-0.15, -0.1) is 0 Å². The summed E-state index contributed by atoms with van der Waals surface area (Å²) in [6.07, 6.45) is 0.949. The number of halogens is 1. The molecule has 6 heteroatoms. The van der Waals surface area contributed by atoms with Crippen molar-refractivity contribution in [2.24, 2.45) is 0 Å². The average molecular weight is 329 g/mol. The highest BCUT2D eigenvalue weighted by Gasteiger charge is 2.10. The van der Waals surface area contributed by atoms with Crippen LogP contribution in [-0.2, 0) is 12.8 Å². The molecule has 1 N–H and O–H groups in total. The van der Waals surface area contributed by atoms with E-state index in [9.17, 15) is 4.79 Å². The molecule has 116 valence electrons. The van der Waals surface area contributed by atoms with Gasteiger partial charge in [-0.3, -0.25) is 0 Å². The van der Waals surface area contributed by atoms with Gasteiger partial charge in [0.2, 0.25) is 5.89 Å². The van der Waals surface area contributed by atoms with Gasteiger partial charge >= 0.3 is 5.97 Å². The number of hydrogen-bond donors (Lipinski definition) is 1. The smallest absolute Gasteiger partial charge is 0.335 e. The van der Waals surface area contributed by atoms with E-state index >= 15 is 0 Å². The summed E-state index contributed by atoms with van der Waals surface area (Å²) in [4.78, 5) is 15.3. The van der Waals surface area contributed by atoms with Crippen molar-refractivity contribution in [3.8, 4) is 0 Å². The third-order valence-corrected chi connectivity index (χ3v) is 3.57.